The van der Waals surface area contributed by atoms with Crippen molar-refractivity contribution in [2.24, 2.45) is 0 Å². The van der Waals surface area contributed by atoms with Gasteiger partial charge in [0.05, 0.1) is 42.4 Å². The summed E-state index contributed by atoms with van der Waals surface area (Å²) in [7, 11) is 0. The second-order valence-corrected chi connectivity index (χ2v) is 5.30. The summed E-state index contributed by atoms with van der Waals surface area (Å²) in [6.45, 7) is 1.49. The summed E-state index contributed by atoms with van der Waals surface area (Å²) >= 11 is 5.68. The second-order valence-electron chi connectivity index (χ2n) is 4.90. The molecule has 2 heterocycles. The minimum Gasteiger partial charge on any atom is -0.492 e. The first-order valence-electron chi connectivity index (χ1n) is 6.88. The number of nitrogens with zero attached hydrogens (tertiary/aromatic N) is 2. The molecule has 5 nitrogen and oxygen atoms in total. The number of rotatable bonds is 4. The van der Waals surface area contributed by atoms with Gasteiger partial charge in [0.15, 0.2) is 0 Å². The van der Waals surface area contributed by atoms with Crippen LogP contribution in [0, 0.1) is 5.82 Å². The predicted molar refractivity (Wildman–Crippen MR) is 78.8 cm³/mol. The van der Waals surface area contributed by atoms with E-state index in [0.717, 1.165) is 5.69 Å². The van der Waals surface area contributed by atoms with Crippen molar-refractivity contribution in [2.75, 3.05) is 13.2 Å². The van der Waals surface area contributed by atoms with Gasteiger partial charge in [-0.15, -0.1) is 0 Å². The molecular formula is C15H14ClFN2O3. The lowest BCUT2D eigenvalue weighted by Crippen LogP contribution is -2.31. The average molecular weight is 325 g/mol. The second kappa shape index (κ2) is 6.46. The molecule has 0 amide bonds. The lowest BCUT2D eigenvalue weighted by Gasteiger charge is -2.16. The van der Waals surface area contributed by atoms with Crippen LogP contribution in [0.25, 0.3) is 0 Å². The van der Waals surface area contributed by atoms with E-state index in [4.69, 9.17) is 21.1 Å². The zero-order chi connectivity index (χ0) is 15.5. The highest BCUT2D eigenvalue weighted by molar-refractivity contribution is 6.30. The van der Waals surface area contributed by atoms with Gasteiger partial charge in [0.2, 0.25) is 0 Å². The number of aromatic nitrogens is 2. The Morgan fingerprint density at radius 3 is 3.14 bits per heavy atom. The van der Waals surface area contributed by atoms with Gasteiger partial charge in [0, 0.05) is 12.5 Å². The van der Waals surface area contributed by atoms with Crippen LogP contribution in [0.5, 0.6) is 5.75 Å². The van der Waals surface area contributed by atoms with Crippen LogP contribution in [-0.2, 0) is 24.3 Å². The van der Waals surface area contributed by atoms with Crippen molar-refractivity contribution in [3.63, 3.8) is 0 Å². The van der Waals surface area contributed by atoms with E-state index in [1.807, 2.05) is 0 Å². The number of halogens is 2. The Morgan fingerprint density at radius 1 is 1.45 bits per heavy atom. The largest absolute Gasteiger partial charge is 0.492 e. The Labute approximate surface area is 131 Å². The number of benzene rings is 1. The van der Waals surface area contributed by atoms with Gasteiger partial charge in [-0.3, -0.25) is 9.36 Å². The maximum absolute atomic E-state index is 13.0. The van der Waals surface area contributed by atoms with Crippen LogP contribution in [0.15, 0.2) is 29.3 Å². The maximum atomic E-state index is 13.0. The van der Waals surface area contributed by atoms with Crippen molar-refractivity contribution in [2.45, 2.75) is 19.6 Å². The van der Waals surface area contributed by atoms with Crippen molar-refractivity contribution in [1.29, 1.82) is 0 Å². The van der Waals surface area contributed by atoms with Crippen LogP contribution in [0.1, 0.15) is 11.3 Å². The molecule has 0 bridgehead atoms. The van der Waals surface area contributed by atoms with Crippen LogP contribution >= 0.6 is 11.6 Å². The average Bonchev–Trinajstić information content (AvgIpc) is 2.53. The third kappa shape index (κ3) is 3.13. The van der Waals surface area contributed by atoms with Crippen LogP contribution in [0.2, 0.25) is 5.02 Å². The third-order valence-corrected chi connectivity index (χ3v) is 3.73. The highest BCUT2D eigenvalue weighted by Crippen LogP contribution is 2.21. The maximum Gasteiger partial charge on any atom is 0.259 e. The minimum atomic E-state index is -0.496. The van der Waals surface area contributed by atoms with E-state index < -0.39 is 5.82 Å². The lowest BCUT2D eigenvalue weighted by atomic mass is 10.1. The fourth-order valence-corrected chi connectivity index (χ4v) is 2.43. The zero-order valence-corrected chi connectivity index (χ0v) is 12.5. The molecule has 0 N–H and O–H groups in total. The molecule has 1 aromatic heterocycles. The smallest absolute Gasteiger partial charge is 0.259 e. The Kier molecular flexibility index (Phi) is 4.40. The van der Waals surface area contributed by atoms with Crippen molar-refractivity contribution in [3.8, 4) is 5.75 Å². The van der Waals surface area contributed by atoms with Crippen LogP contribution in [-0.4, -0.2) is 22.8 Å². The molecule has 0 aliphatic carbocycles. The summed E-state index contributed by atoms with van der Waals surface area (Å²) in [6, 6.07) is 4.13. The lowest BCUT2D eigenvalue weighted by molar-refractivity contribution is 0.107. The molecular weight excluding hydrogens is 311 g/mol. The normalized spacial score (nSPS) is 13.7. The summed E-state index contributed by atoms with van der Waals surface area (Å²) in [5.74, 6) is -0.0437. The molecule has 0 spiro atoms. The molecule has 0 atom stereocenters. The fourth-order valence-electron chi connectivity index (χ4n) is 2.26. The van der Waals surface area contributed by atoms with Crippen molar-refractivity contribution in [1.82, 2.24) is 9.55 Å². The highest BCUT2D eigenvalue weighted by atomic mass is 35.5. The molecule has 1 aliphatic rings. The molecule has 0 unspecified atom stereocenters. The standard InChI is InChI=1S/C15H14ClFN2O3/c16-12-7-10(1-2-13(12)17)22-6-4-19-9-18-14-3-5-21-8-11(14)15(19)20/h1-2,7,9H,3-6,8H2. The Balaban J connectivity index is 1.66. The van der Waals surface area contributed by atoms with Gasteiger partial charge in [-0.25, -0.2) is 9.37 Å². The summed E-state index contributed by atoms with van der Waals surface area (Å²) in [4.78, 5) is 16.6. The fraction of sp³-hybridized carbons (Fsp3) is 0.333. The van der Waals surface area contributed by atoms with E-state index in [1.54, 1.807) is 0 Å². The molecule has 3 rings (SSSR count). The molecule has 1 aromatic carbocycles. The first-order chi connectivity index (χ1) is 10.6. The van der Waals surface area contributed by atoms with Gasteiger partial charge in [0.1, 0.15) is 18.2 Å². The summed E-state index contributed by atoms with van der Waals surface area (Å²) in [6.07, 6.45) is 2.18. The molecule has 0 saturated heterocycles. The Morgan fingerprint density at radius 2 is 2.32 bits per heavy atom. The molecule has 22 heavy (non-hydrogen) atoms. The molecule has 2 aromatic rings. The van der Waals surface area contributed by atoms with Crippen LogP contribution in [0.4, 0.5) is 4.39 Å². The summed E-state index contributed by atoms with van der Waals surface area (Å²) < 4.78 is 25.3. The quantitative estimate of drug-likeness (QED) is 0.865. The van der Waals surface area contributed by atoms with Gasteiger partial charge in [-0.05, 0) is 12.1 Å². The summed E-state index contributed by atoms with van der Waals surface area (Å²) in [5.41, 5.74) is 1.31. The van der Waals surface area contributed by atoms with Gasteiger partial charge < -0.3 is 9.47 Å². The van der Waals surface area contributed by atoms with Crippen LogP contribution < -0.4 is 10.3 Å². The number of fused-ring (bicyclic) bond motifs is 1. The van der Waals surface area contributed by atoms with E-state index >= 15 is 0 Å². The van der Waals surface area contributed by atoms with Crippen molar-refractivity contribution < 1.29 is 13.9 Å². The predicted octanol–water partition coefficient (Wildman–Crippen LogP) is 2.19. The SMILES string of the molecule is O=c1c2c(ncn1CCOc1ccc(F)c(Cl)c1)CCOC2. The molecule has 116 valence electrons. The number of ether oxygens (including phenoxy) is 2. The Bertz CT molecular complexity index is 748. The van der Waals surface area contributed by atoms with E-state index in [1.165, 1.54) is 29.1 Å². The number of hydrogen-bond acceptors (Lipinski definition) is 4. The summed E-state index contributed by atoms with van der Waals surface area (Å²) in [5, 5.41) is 0.00210. The van der Waals surface area contributed by atoms with E-state index in [9.17, 15) is 9.18 Å². The monoisotopic (exact) mass is 324 g/mol. The zero-order valence-electron chi connectivity index (χ0n) is 11.7. The molecule has 0 radical (unpaired) electrons. The highest BCUT2D eigenvalue weighted by Gasteiger charge is 2.15. The van der Waals surface area contributed by atoms with Gasteiger partial charge in [-0.2, -0.15) is 0 Å². The minimum absolute atomic E-state index is 0.00210. The topological polar surface area (TPSA) is 53.4 Å². The first kappa shape index (κ1) is 15.0. The van der Waals surface area contributed by atoms with Gasteiger partial charge >= 0.3 is 0 Å². The number of hydrogen-bond donors (Lipinski definition) is 0. The van der Waals surface area contributed by atoms with E-state index in [-0.39, 0.29) is 17.2 Å². The van der Waals surface area contributed by atoms with E-state index in [2.05, 4.69) is 4.98 Å². The molecule has 0 saturated carbocycles. The molecule has 7 heteroatoms. The van der Waals surface area contributed by atoms with Crippen molar-refractivity contribution >= 4 is 11.6 Å². The van der Waals surface area contributed by atoms with Gasteiger partial charge in [-0.1, -0.05) is 11.6 Å². The van der Waals surface area contributed by atoms with E-state index in [0.29, 0.717) is 37.5 Å². The van der Waals surface area contributed by atoms with Gasteiger partial charge in [0.25, 0.3) is 5.56 Å². The van der Waals surface area contributed by atoms with Crippen LogP contribution in [0.3, 0.4) is 0 Å². The molecule has 0 fully saturated rings. The molecule has 1 aliphatic heterocycles. The first-order valence-corrected chi connectivity index (χ1v) is 7.26. The third-order valence-electron chi connectivity index (χ3n) is 3.44. The van der Waals surface area contributed by atoms with Crippen molar-refractivity contribution in [3.05, 3.63) is 57.0 Å². The Hall–Kier alpha value is -1.92.